The fourth-order valence-corrected chi connectivity index (χ4v) is 2.34. The zero-order chi connectivity index (χ0) is 15.7. The molecule has 1 amide bonds. The molecule has 0 saturated carbocycles. The fourth-order valence-electron chi connectivity index (χ4n) is 2.34. The van der Waals surface area contributed by atoms with Crippen LogP contribution in [0.25, 0.3) is 0 Å². The zero-order valence-corrected chi connectivity index (χ0v) is 13.6. The van der Waals surface area contributed by atoms with Crippen molar-refractivity contribution in [3.05, 3.63) is 0 Å². The second kappa shape index (κ2) is 9.75. The van der Waals surface area contributed by atoms with Crippen molar-refractivity contribution in [2.24, 2.45) is 5.92 Å². The van der Waals surface area contributed by atoms with Crippen LogP contribution in [-0.4, -0.2) is 60.0 Å². The van der Waals surface area contributed by atoms with Gasteiger partial charge in [0.05, 0.1) is 0 Å². The number of carbonyl (C=O) groups excluding carboxylic acids is 1. The minimum absolute atomic E-state index is 0.103. The Labute approximate surface area is 122 Å². The largest absolute Gasteiger partial charge is 0.480 e. The van der Waals surface area contributed by atoms with Gasteiger partial charge >= 0.3 is 5.97 Å². The average Bonchev–Trinajstić information content (AvgIpc) is 2.31. The van der Waals surface area contributed by atoms with E-state index in [1.807, 2.05) is 32.8 Å². The molecule has 0 saturated heterocycles. The lowest BCUT2D eigenvalue weighted by Crippen LogP contribution is -2.42. The number of aliphatic carboxylic acids is 1. The third-order valence-corrected chi connectivity index (χ3v) is 3.65. The van der Waals surface area contributed by atoms with Crippen molar-refractivity contribution in [2.45, 2.75) is 52.5 Å². The first-order valence-corrected chi connectivity index (χ1v) is 7.42. The van der Waals surface area contributed by atoms with E-state index in [-0.39, 0.29) is 11.8 Å². The number of unbranched alkanes of at least 4 members (excludes halogenated alkanes) is 3. The van der Waals surface area contributed by atoms with E-state index in [4.69, 9.17) is 0 Å². The monoisotopic (exact) mass is 286 g/mol. The minimum atomic E-state index is -0.745. The average molecular weight is 286 g/mol. The molecule has 0 rings (SSSR count). The maximum absolute atomic E-state index is 11.2. The van der Waals surface area contributed by atoms with E-state index in [0.717, 1.165) is 38.8 Å². The Balaban J connectivity index is 3.79. The van der Waals surface area contributed by atoms with Crippen LogP contribution in [-0.2, 0) is 9.59 Å². The Kier molecular flexibility index (Phi) is 9.21. The fraction of sp³-hybridized carbons (Fsp3) is 0.867. The summed E-state index contributed by atoms with van der Waals surface area (Å²) in [6.07, 6.45) is 4.15. The Bertz CT molecular complexity index is 305. The van der Waals surface area contributed by atoms with Gasteiger partial charge in [0.15, 0.2) is 0 Å². The van der Waals surface area contributed by atoms with Crippen LogP contribution >= 0.6 is 0 Å². The van der Waals surface area contributed by atoms with Crippen molar-refractivity contribution in [3.63, 3.8) is 0 Å². The van der Waals surface area contributed by atoms with E-state index < -0.39 is 12.0 Å². The van der Waals surface area contributed by atoms with E-state index in [9.17, 15) is 14.7 Å². The quantitative estimate of drug-likeness (QED) is 0.625. The van der Waals surface area contributed by atoms with Crippen LogP contribution in [0.1, 0.15) is 46.5 Å². The summed E-state index contributed by atoms with van der Waals surface area (Å²) in [5.41, 5.74) is 0. The van der Waals surface area contributed by atoms with Crippen molar-refractivity contribution in [1.29, 1.82) is 0 Å². The highest BCUT2D eigenvalue weighted by molar-refractivity contribution is 5.73. The molecule has 1 unspecified atom stereocenters. The highest BCUT2D eigenvalue weighted by atomic mass is 16.4. The van der Waals surface area contributed by atoms with E-state index >= 15 is 0 Å². The molecule has 0 aliphatic rings. The van der Waals surface area contributed by atoms with Gasteiger partial charge in [-0.15, -0.1) is 0 Å². The van der Waals surface area contributed by atoms with Crippen LogP contribution < -0.4 is 0 Å². The third-order valence-electron chi connectivity index (χ3n) is 3.65. The minimum Gasteiger partial charge on any atom is -0.480 e. The molecule has 1 atom stereocenters. The highest BCUT2D eigenvalue weighted by Gasteiger charge is 2.25. The number of carboxylic acids is 1. The van der Waals surface area contributed by atoms with Crippen LogP contribution in [0.3, 0.4) is 0 Å². The lowest BCUT2D eigenvalue weighted by Gasteiger charge is -2.27. The van der Waals surface area contributed by atoms with E-state index in [1.165, 1.54) is 0 Å². The first kappa shape index (κ1) is 18.9. The molecule has 0 radical (unpaired) electrons. The molecule has 0 heterocycles. The molecular weight excluding hydrogens is 256 g/mol. The molecule has 5 nitrogen and oxygen atoms in total. The van der Waals surface area contributed by atoms with Gasteiger partial charge in [-0.3, -0.25) is 14.5 Å². The van der Waals surface area contributed by atoms with Gasteiger partial charge in [-0.05, 0) is 32.4 Å². The summed E-state index contributed by atoms with van der Waals surface area (Å²) >= 11 is 0. The number of rotatable bonds is 10. The number of carbonyl (C=O) groups is 2. The standard InChI is InChI=1S/C15H30N2O3/c1-12(2)14(15(19)20)17(5)11-9-7-6-8-10-16(4)13(3)18/h12,14H,6-11H2,1-5H3,(H,19,20). The van der Waals surface area contributed by atoms with E-state index in [1.54, 1.807) is 11.8 Å². The molecule has 0 fully saturated rings. The van der Waals surface area contributed by atoms with Crippen LogP contribution in [0.2, 0.25) is 0 Å². The van der Waals surface area contributed by atoms with Gasteiger partial charge in [-0.25, -0.2) is 0 Å². The summed E-state index contributed by atoms with van der Waals surface area (Å²) in [5.74, 6) is -0.529. The van der Waals surface area contributed by atoms with Crippen LogP contribution in [0.5, 0.6) is 0 Å². The van der Waals surface area contributed by atoms with Crippen molar-refractivity contribution in [3.8, 4) is 0 Å². The smallest absolute Gasteiger partial charge is 0.321 e. The maximum Gasteiger partial charge on any atom is 0.321 e. The predicted octanol–water partition coefficient (Wildman–Crippen LogP) is 2.07. The second-order valence-electron chi connectivity index (χ2n) is 5.86. The molecule has 0 aromatic heterocycles. The van der Waals surface area contributed by atoms with Gasteiger partial charge in [0.25, 0.3) is 0 Å². The Hall–Kier alpha value is -1.10. The van der Waals surface area contributed by atoms with Gasteiger partial charge in [0.1, 0.15) is 6.04 Å². The first-order chi connectivity index (χ1) is 9.27. The normalized spacial score (nSPS) is 12.8. The van der Waals surface area contributed by atoms with E-state index in [2.05, 4.69) is 0 Å². The molecular formula is C15H30N2O3. The SMILES string of the molecule is CC(=O)N(C)CCCCCCN(C)C(C(=O)O)C(C)C. The number of likely N-dealkylation sites (N-methyl/N-ethyl adjacent to an activating group) is 1. The molecule has 20 heavy (non-hydrogen) atoms. The summed E-state index contributed by atoms with van der Waals surface area (Å²) in [7, 11) is 3.69. The third kappa shape index (κ3) is 7.48. The maximum atomic E-state index is 11.2. The van der Waals surface area contributed by atoms with E-state index in [0.29, 0.717) is 0 Å². The molecule has 0 aliphatic carbocycles. The highest BCUT2D eigenvalue weighted by Crippen LogP contribution is 2.11. The molecule has 118 valence electrons. The summed E-state index contributed by atoms with van der Waals surface area (Å²) in [4.78, 5) is 25.8. The van der Waals surface area contributed by atoms with Crippen LogP contribution in [0.4, 0.5) is 0 Å². The summed E-state index contributed by atoms with van der Waals surface area (Å²) in [6.45, 7) is 7.05. The number of hydrogen-bond acceptors (Lipinski definition) is 3. The van der Waals surface area contributed by atoms with Gasteiger partial charge in [-0.1, -0.05) is 26.7 Å². The van der Waals surface area contributed by atoms with Crippen LogP contribution in [0, 0.1) is 5.92 Å². The van der Waals surface area contributed by atoms with Gasteiger partial charge in [0, 0.05) is 20.5 Å². The Morgan fingerprint density at radius 2 is 1.50 bits per heavy atom. The number of carboxylic acid groups (broad SMARTS) is 1. The summed E-state index contributed by atoms with van der Waals surface area (Å²) < 4.78 is 0. The summed E-state index contributed by atoms with van der Waals surface area (Å²) in [6, 6.07) is -0.404. The molecule has 5 heteroatoms. The lowest BCUT2D eigenvalue weighted by atomic mass is 10.0. The second-order valence-corrected chi connectivity index (χ2v) is 5.86. The number of nitrogens with zero attached hydrogens (tertiary/aromatic N) is 2. The van der Waals surface area contributed by atoms with Crippen molar-refractivity contribution in [1.82, 2.24) is 9.80 Å². The Morgan fingerprint density at radius 1 is 1.00 bits per heavy atom. The molecule has 0 aromatic carbocycles. The van der Waals surface area contributed by atoms with Crippen molar-refractivity contribution < 1.29 is 14.7 Å². The Morgan fingerprint density at radius 3 is 1.90 bits per heavy atom. The predicted molar refractivity (Wildman–Crippen MR) is 80.7 cm³/mol. The number of amides is 1. The van der Waals surface area contributed by atoms with Gasteiger partial charge in [-0.2, -0.15) is 0 Å². The lowest BCUT2D eigenvalue weighted by molar-refractivity contribution is -0.144. The molecule has 0 bridgehead atoms. The molecule has 0 spiro atoms. The summed E-state index contributed by atoms with van der Waals surface area (Å²) in [5, 5.41) is 9.19. The molecule has 0 aromatic rings. The first-order valence-electron chi connectivity index (χ1n) is 7.42. The van der Waals surface area contributed by atoms with Gasteiger partial charge in [0.2, 0.25) is 5.91 Å². The zero-order valence-electron chi connectivity index (χ0n) is 13.6. The number of hydrogen-bond donors (Lipinski definition) is 1. The van der Waals surface area contributed by atoms with Crippen molar-refractivity contribution >= 4 is 11.9 Å². The molecule has 1 N–H and O–H groups in total. The van der Waals surface area contributed by atoms with Crippen LogP contribution in [0.15, 0.2) is 0 Å². The molecule has 0 aliphatic heterocycles. The topological polar surface area (TPSA) is 60.9 Å². The van der Waals surface area contributed by atoms with Gasteiger partial charge < -0.3 is 10.0 Å². The van der Waals surface area contributed by atoms with Crippen molar-refractivity contribution in [2.75, 3.05) is 27.2 Å².